The van der Waals surface area contributed by atoms with Crippen LogP contribution in [0.1, 0.15) is 32.0 Å². The molecule has 0 aliphatic heterocycles. The lowest BCUT2D eigenvalue weighted by molar-refractivity contribution is -0.123. The lowest BCUT2D eigenvalue weighted by atomic mass is 9.92. The highest BCUT2D eigenvalue weighted by Gasteiger charge is 2.22. The monoisotopic (exact) mass is 345 g/mol. The summed E-state index contributed by atoms with van der Waals surface area (Å²) in [5.41, 5.74) is 2.80. The van der Waals surface area contributed by atoms with Crippen molar-refractivity contribution < 1.29 is 4.79 Å². The normalized spacial score (nSPS) is 12.2. The minimum absolute atomic E-state index is 0.223. The summed E-state index contributed by atoms with van der Waals surface area (Å²) in [6, 6.07) is 2.08. The average molecular weight is 345 g/mol. The predicted octanol–water partition coefficient (Wildman–Crippen LogP) is 4.56. The summed E-state index contributed by atoms with van der Waals surface area (Å²) in [6.07, 6.45) is 1.58. The SMILES string of the molecule is Cc1cc(C)c2c(n1)sc1c(SCC(=O)C(C)(C)C)ncnc12. The molecule has 6 heteroatoms. The highest BCUT2D eigenvalue weighted by molar-refractivity contribution is 8.00. The van der Waals surface area contributed by atoms with E-state index in [1.54, 1.807) is 17.7 Å². The minimum atomic E-state index is -0.325. The number of Topliss-reactive ketones (excluding diaryl/α,β-unsaturated/α-hetero) is 1. The Labute approximate surface area is 143 Å². The number of nitrogens with zero attached hydrogens (tertiary/aromatic N) is 3. The van der Waals surface area contributed by atoms with E-state index >= 15 is 0 Å². The van der Waals surface area contributed by atoms with Gasteiger partial charge in [0, 0.05) is 16.5 Å². The van der Waals surface area contributed by atoms with Crippen molar-refractivity contribution in [2.24, 2.45) is 5.41 Å². The van der Waals surface area contributed by atoms with E-state index in [1.165, 1.54) is 17.3 Å². The molecule has 0 amide bonds. The van der Waals surface area contributed by atoms with Gasteiger partial charge in [-0.2, -0.15) is 0 Å². The Hall–Kier alpha value is -1.53. The van der Waals surface area contributed by atoms with E-state index in [2.05, 4.69) is 27.9 Å². The van der Waals surface area contributed by atoms with Crippen LogP contribution in [0, 0.1) is 19.3 Å². The Morgan fingerprint density at radius 3 is 2.70 bits per heavy atom. The molecule has 0 unspecified atom stereocenters. The van der Waals surface area contributed by atoms with Crippen LogP contribution in [0.3, 0.4) is 0 Å². The van der Waals surface area contributed by atoms with Crippen LogP contribution in [0.5, 0.6) is 0 Å². The zero-order chi connectivity index (χ0) is 16.8. The largest absolute Gasteiger partial charge is 0.298 e. The summed E-state index contributed by atoms with van der Waals surface area (Å²) in [5.74, 6) is 0.649. The number of carbonyl (C=O) groups is 1. The lowest BCUT2D eigenvalue weighted by Crippen LogP contribution is -2.22. The summed E-state index contributed by atoms with van der Waals surface area (Å²) in [5, 5.41) is 1.97. The molecule has 0 fully saturated rings. The van der Waals surface area contributed by atoms with E-state index in [-0.39, 0.29) is 11.2 Å². The topological polar surface area (TPSA) is 55.7 Å². The van der Waals surface area contributed by atoms with E-state index in [0.717, 1.165) is 31.2 Å². The van der Waals surface area contributed by atoms with Crippen molar-refractivity contribution >= 4 is 49.3 Å². The maximum atomic E-state index is 12.2. The molecule has 0 radical (unpaired) electrons. The molecule has 0 bridgehead atoms. The molecule has 3 rings (SSSR count). The number of pyridine rings is 1. The molecule has 23 heavy (non-hydrogen) atoms. The Balaban J connectivity index is 2.06. The van der Waals surface area contributed by atoms with Gasteiger partial charge in [-0.15, -0.1) is 11.3 Å². The smallest absolute Gasteiger partial charge is 0.148 e. The van der Waals surface area contributed by atoms with Gasteiger partial charge in [0.2, 0.25) is 0 Å². The molecule has 0 atom stereocenters. The fraction of sp³-hybridized carbons (Fsp3) is 0.412. The molecule has 0 aliphatic carbocycles. The number of thiophene rings is 1. The van der Waals surface area contributed by atoms with Gasteiger partial charge >= 0.3 is 0 Å². The first-order valence-electron chi connectivity index (χ1n) is 7.45. The molecule has 0 aromatic carbocycles. The van der Waals surface area contributed by atoms with Crippen molar-refractivity contribution in [1.29, 1.82) is 0 Å². The first-order chi connectivity index (χ1) is 10.8. The van der Waals surface area contributed by atoms with Gasteiger partial charge in [0.1, 0.15) is 22.0 Å². The Bertz CT molecular complexity index is 909. The third kappa shape index (κ3) is 3.10. The number of rotatable bonds is 3. The molecule has 0 aliphatic rings. The second-order valence-electron chi connectivity index (χ2n) is 6.68. The van der Waals surface area contributed by atoms with Crippen LogP contribution in [0.15, 0.2) is 17.4 Å². The second kappa shape index (κ2) is 5.83. The second-order valence-corrected chi connectivity index (χ2v) is 8.64. The maximum Gasteiger partial charge on any atom is 0.148 e. The van der Waals surface area contributed by atoms with E-state index in [4.69, 9.17) is 0 Å². The Morgan fingerprint density at radius 2 is 2.00 bits per heavy atom. The molecule has 120 valence electrons. The van der Waals surface area contributed by atoms with Crippen molar-refractivity contribution in [2.45, 2.75) is 39.6 Å². The standard InChI is InChI=1S/C17H19N3OS2/c1-9-6-10(2)20-15-12(9)13-14(23-15)16(19-8-18-13)22-7-11(21)17(3,4)5/h6,8H,7H2,1-5H3. The van der Waals surface area contributed by atoms with Crippen LogP contribution < -0.4 is 0 Å². The van der Waals surface area contributed by atoms with Gasteiger partial charge in [-0.25, -0.2) is 15.0 Å². The molecule has 3 aromatic rings. The quantitative estimate of drug-likeness (QED) is 0.514. The summed E-state index contributed by atoms with van der Waals surface area (Å²) >= 11 is 3.10. The zero-order valence-corrected chi connectivity index (χ0v) is 15.6. The van der Waals surface area contributed by atoms with Crippen molar-refractivity contribution in [3.63, 3.8) is 0 Å². The number of hydrogen-bond acceptors (Lipinski definition) is 6. The van der Waals surface area contributed by atoms with Gasteiger partial charge in [0.25, 0.3) is 0 Å². The number of carbonyl (C=O) groups excluding carboxylic acids is 1. The van der Waals surface area contributed by atoms with E-state index in [0.29, 0.717) is 5.75 Å². The molecule has 3 aromatic heterocycles. The number of aromatic nitrogens is 3. The van der Waals surface area contributed by atoms with Crippen molar-refractivity contribution in [3.8, 4) is 0 Å². The fourth-order valence-electron chi connectivity index (χ4n) is 2.34. The van der Waals surface area contributed by atoms with Crippen LogP contribution in [-0.4, -0.2) is 26.5 Å². The van der Waals surface area contributed by atoms with Crippen LogP contribution in [0.4, 0.5) is 0 Å². The molecule has 0 saturated carbocycles. The molecule has 3 heterocycles. The first-order valence-corrected chi connectivity index (χ1v) is 9.25. The van der Waals surface area contributed by atoms with E-state index in [9.17, 15) is 4.79 Å². The van der Waals surface area contributed by atoms with Gasteiger partial charge in [-0.3, -0.25) is 4.79 Å². The van der Waals surface area contributed by atoms with Crippen LogP contribution in [-0.2, 0) is 4.79 Å². The molecule has 0 saturated heterocycles. The van der Waals surface area contributed by atoms with Crippen molar-refractivity contribution in [1.82, 2.24) is 15.0 Å². The third-order valence-corrected chi connectivity index (χ3v) is 5.89. The van der Waals surface area contributed by atoms with E-state index in [1.807, 2.05) is 27.7 Å². The molecule has 0 N–H and O–H groups in total. The number of thioether (sulfide) groups is 1. The molecule has 0 spiro atoms. The zero-order valence-electron chi connectivity index (χ0n) is 13.9. The summed E-state index contributed by atoms with van der Waals surface area (Å²) in [4.78, 5) is 26.6. The number of fused-ring (bicyclic) bond motifs is 3. The van der Waals surface area contributed by atoms with Crippen LogP contribution >= 0.6 is 23.1 Å². The highest BCUT2D eigenvalue weighted by Crippen LogP contribution is 2.38. The lowest BCUT2D eigenvalue weighted by Gasteiger charge is -2.15. The summed E-state index contributed by atoms with van der Waals surface area (Å²) in [7, 11) is 0. The molecule has 4 nitrogen and oxygen atoms in total. The number of aryl methyl sites for hydroxylation is 2. The molecular weight excluding hydrogens is 326 g/mol. The number of hydrogen-bond donors (Lipinski definition) is 0. The van der Waals surface area contributed by atoms with Crippen LogP contribution in [0.2, 0.25) is 0 Å². The number of ketones is 1. The fourth-order valence-corrected chi connectivity index (χ4v) is 4.83. The van der Waals surface area contributed by atoms with Crippen molar-refractivity contribution in [3.05, 3.63) is 23.7 Å². The van der Waals surface area contributed by atoms with E-state index < -0.39 is 0 Å². The maximum absolute atomic E-state index is 12.2. The predicted molar refractivity (Wildman–Crippen MR) is 97.4 cm³/mol. The third-order valence-electron chi connectivity index (χ3n) is 3.69. The van der Waals surface area contributed by atoms with Crippen molar-refractivity contribution in [2.75, 3.05) is 5.75 Å². The summed E-state index contributed by atoms with van der Waals surface area (Å²) in [6.45, 7) is 9.92. The Kier molecular flexibility index (Phi) is 4.14. The average Bonchev–Trinajstić information content (AvgIpc) is 2.82. The summed E-state index contributed by atoms with van der Waals surface area (Å²) < 4.78 is 1.02. The highest BCUT2D eigenvalue weighted by atomic mass is 32.2. The molecular formula is C17H19N3OS2. The van der Waals surface area contributed by atoms with Gasteiger partial charge < -0.3 is 0 Å². The van der Waals surface area contributed by atoms with Gasteiger partial charge in [-0.05, 0) is 25.5 Å². The first kappa shape index (κ1) is 16.3. The van der Waals surface area contributed by atoms with Gasteiger partial charge in [0.05, 0.1) is 16.0 Å². The minimum Gasteiger partial charge on any atom is -0.298 e. The Morgan fingerprint density at radius 1 is 1.26 bits per heavy atom. The van der Waals surface area contributed by atoms with Gasteiger partial charge in [-0.1, -0.05) is 32.5 Å². The van der Waals surface area contributed by atoms with Crippen LogP contribution in [0.25, 0.3) is 20.4 Å². The van der Waals surface area contributed by atoms with Gasteiger partial charge in [0.15, 0.2) is 0 Å².